The van der Waals surface area contributed by atoms with Crippen LogP contribution in [0.25, 0.3) is 0 Å². The van der Waals surface area contributed by atoms with E-state index in [0.717, 1.165) is 42.3 Å². The molecule has 0 amide bonds. The second-order valence-electron chi connectivity index (χ2n) is 5.52. The molecule has 3 heteroatoms. The van der Waals surface area contributed by atoms with E-state index in [1.807, 2.05) is 12.1 Å². The van der Waals surface area contributed by atoms with E-state index in [0.29, 0.717) is 6.61 Å². The number of rotatable bonds is 3. The maximum absolute atomic E-state index is 5.85. The van der Waals surface area contributed by atoms with Crippen molar-refractivity contribution in [2.24, 2.45) is 0 Å². The molecule has 1 N–H and O–H groups in total. The van der Waals surface area contributed by atoms with Gasteiger partial charge in [0, 0.05) is 24.2 Å². The van der Waals surface area contributed by atoms with E-state index < -0.39 is 0 Å². The minimum atomic E-state index is 0.716. The number of nitrogens with one attached hydrogen (secondary N) is 1. The number of ether oxygens (including phenoxy) is 2. The molecule has 110 valence electrons. The van der Waals surface area contributed by atoms with Gasteiger partial charge in [-0.2, -0.15) is 0 Å². The average Bonchev–Trinajstić information content (AvgIpc) is 2.69. The summed E-state index contributed by atoms with van der Waals surface area (Å²) in [5, 5.41) is 3.48. The first-order chi connectivity index (χ1) is 10.2. The maximum atomic E-state index is 5.85. The van der Waals surface area contributed by atoms with Gasteiger partial charge in [-0.25, -0.2) is 0 Å². The topological polar surface area (TPSA) is 30.5 Å². The number of benzene rings is 2. The second-order valence-corrected chi connectivity index (χ2v) is 5.52. The van der Waals surface area contributed by atoms with E-state index in [1.165, 1.54) is 11.1 Å². The molecule has 0 aromatic heterocycles. The molecule has 3 rings (SSSR count). The number of aryl methyl sites for hydroxylation is 2. The van der Waals surface area contributed by atoms with Crippen molar-refractivity contribution in [2.45, 2.75) is 26.8 Å². The average molecular weight is 283 g/mol. The van der Waals surface area contributed by atoms with Crippen LogP contribution < -0.4 is 14.8 Å². The second kappa shape index (κ2) is 6.08. The molecule has 3 nitrogen and oxygen atoms in total. The molecule has 0 spiro atoms. The molecule has 21 heavy (non-hydrogen) atoms. The molecule has 0 aliphatic carbocycles. The summed E-state index contributed by atoms with van der Waals surface area (Å²) in [6.45, 7) is 6.40. The maximum Gasteiger partial charge on any atom is 0.166 e. The van der Waals surface area contributed by atoms with Gasteiger partial charge in [-0.15, -0.1) is 0 Å². The minimum absolute atomic E-state index is 0.716. The number of hydrogen-bond acceptors (Lipinski definition) is 3. The zero-order chi connectivity index (χ0) is 14.7. The lowest BCUT2D eigenvalue weighted by Gasteiger charge is -2.14. The lowest BCUT2D eigenvalue weighted by Crippen LogP contribution is -2.04. The molecule has 2 aromatic carbocycles. The largest absolute Gasteiger partial charge is 0.490 e. The van der Waals surface area contributed by atoms with Gasteiger partial charge >= 0.3 is 0 Å². The van der Waals surface area contributed by atoms with Gasteiger partial charge in [-0.1, -0.05) is 18.2 Å². The molecule has 0 radical (unpaired) electrons. The third kappa shape index (κ3) is 3.30. The summed E-state index contributed by atoms with van der Waals surface area (Å²) in [4.78, 5) is 0. The highest BCUT2D eigenvalue weighted by Crippen LogP contribution is 2.33. The fourth-order valence-corrected chi connectivity index (χ4v) is 2.67. The Morgan fingerprint density at radius 1 is 1.00 bits per heavy atom. The molecule has 0 saturated heterocycles. The monoisotopic (exact) mass is 283 g/mol. The number of para-hydroxylation sites is 1. The van der Waals surface area contributed by atoms with Crippen LogP contribution in [0.2, 0.25) is 0 Å². The molecule has 0 atom stereocenters. The quantitative estimate of drug-likeness (QED) is 0.920. The van der Waals surface area contributed by atoms with E-state index in [1.54, 1.807) is 0 Å². The SMILES string of the molecule is Cc1cc(C)cc(NCc2cccc3c2OCCCO3)c1. The number of hydrogen-bond donors (Lipinski definition) is 1. The van der Waals surface area contributed by atoms with Crippen molar-refractivity contribution in [1.29, 1.82) is 0 Å². The van der Waals surface area contributed by atoms with Crippen LogP contribution in [0.1, 0.15) is 23.1 Å². The first-order valence-electron chi connectivity index (χ1n) is 7.42. The Labute approximate surface area is 125 Å². The van der Waals surface area contributed by atoms with Gasteiger partial charge in [0.05, 0.1) is 13.2 Å². The summed E-state index contributed by atoms with van der Waals surface area (Å²) < 4.78 is 11.6. The van der Waals surface area contributed by atoms with Gasteiger partial charge in [0.1, 0.15) is 0 Å². The molecule has 1 aliphatic rings. The molecule has 2 aromatic rings. The van der Waals surface area contributed by atoms with E-state index in [9.17, 15) is 0 Å². The molecule has 0 bridgehead atoms. The fraction of sp³-hybridized carbons (Fsp3) is 0.333. The molecule has 0 fully saturated rings. The number of anilines is 1. The first kappa shape index (κ1) is 13.8. The summed E-state index contributed by atoms with van der Waals surface area (Å²) in [5.74, 6) is 1.74. The fourth-order valence-electron chi connectivity index (χ4n) is 2.67. The van der Waals surface area contributed by atoms with Gasteiger partial charge in [-0.3, -0.25) is 0 Å². The van der Waals surface area contributed by atoms with Crippen molar-refractivity contribution in [3.8, 4) is 11.5 Å². The van der Waals surface area contributed by atoms with Crippen molar-refractivity contribution < 1.29 is 9.47 Å². The third-order valence-electron chi connectivity index (χ3n) is 3.56. The standard InChI is InChI=1S/C18H21NO2/c1-13-9-14(2)11-16(10-13)19-12-15-5-3-6-17-18(15)21-8-4-7-20-17/h3,5-6,9-11,19H,4,7-8,12H2,1-2H3. The van der Waals surface area contributed by atoms with Gasteiger partial charge in [-0.05, 0) is 43.2 Å². The number of fused-ring (bicyclic) bond motifs is 1. The molecule has 0 unspecified atom stereocenters. The molecule has 1 heterocycles. The Morgan fingerprint density at radius 3 is 2.57 bits per heavy atom. The summed E-state index contributed by atoms with van der Waals surface area (Å²) in [6.07, 6.45) is 0.929. The summed E-state index contributed by atoms with van der Waals surface area (Å²) in [6, 6.07) is 12.6. The van der Waals surface area contributed by atoms with Gasteiger partial charge in [0.15, 0.2) is 11.5 Å². The van der Waals surface area contributed by atoms with E-state index in [4.69, 9.17) is 9.47 Å². The van der Waals surface area contributed by atoms with Gasteiger partial charge < -0.3 is 14.8 Å². The molecular weight excluding hydrogens is 262 g/mol. The summed E-state index contributed by atoms with van der Waals surface area (Å²) in [7, 11) is 0. The predicted molar refractivity (Wildman–Crippen MR) is 85.3 cm³/mol. The normalized spacial score (nSPS) is 13.6. The smallest absolute Gasteiger partial charge is 0.166 e. The van der Waals surface area contributed by atoms with Crippen molar-refractivity contribution >= 4 is 5.69 Å². The third-order valence-corrected chi connectivity index (χ3v) is 3.56. The van der Waals surface area contributed by atoms with Crippen LogP contribution in [0.15, 0.2) is 36.4 Å². The zero-order valence-electron chi connectivity index (χ0n) is 12.6. The van der Waals surface area contributed by atoms with Gasteiger partial charge in [0.25, 0.3) is 0 Å². The van der Waals surface area contributed by atoms with E-state index >= 15 is 0 Å². The Bertz CT molecular complexity index is 617. The highest BCUT2D eigenvalue weighted by atomic mass is 16.5. The van der Waals surface area contributed by atoms with Crippen LogP contribution in [0.4, 0.5) is 5.69 Å². The minimum Gasteiger partial charge on any atom is -0.490 e. The van der Waals surface area contributed by atoms with Crippen LogP contribution in [-0.2, 0) is 6.54 Å². The van der Waals surface area contributed by atoms with Crippen LogP contribution in [0.3, 0.4) is 0 Å². The highest BCUT2D eigenvalue weighted by molar-refractivity contribution is 5.52. The molecule has 0 saturated carbocycles. The highest BCUT2D eigenvalue weighted by Gasteiger charge is 2.14. The van der Waals surface area contributed by atoms with Crippen molar-refractivity contribution in [3.05, 3.63) is 53.1 Å². The predicted octanol–water partition coefficient (Wildman–Crippen LogP) is 4.08. The Kier molecular flexibility index (Phi) is 4.00. The summed E-state index contributed by atoms with van der Waals surface area (Å²) in [5.41, 5.74) is 4.81. The molecule has 1 aliphatic heterocycles. The van der Waals surface area contributed by atoms with Crippen LogP contribution in [0.5, 0.6) is 11.5 Å². The Balaban J connectivity index is 1.79. The van der Waals surface area contributed by atoms with Crippen LogP contribution >= 0.6 is 0 Å². The summed E-state index contributed by atoms with van der Waals surface area (Å²) >= 11 is 0. The lowest BCUT2D eigenvalue weighted by atomic mass is 10.1. The van der Waals surface area contributed by atoms with E-state index in [-0.39, 0.29) is 0 Å². The van der Waals surface area contributed by atoms with Crippen molar-refractivity contribution in [1.82, 2.24) is 0 Å². The Morgan fingerprint density at radius 2 is 1.76 bits per heavy atom. The van der Waals surface area contributed by atoms with E-state index in [2.05, 4.69) is 43.4 Å². The molecular formula is C18H21NO2. The lowest BCUT2D eigenvalue weighted by molar-refractivity contribution is 0.296. The Hall–Kier alpha value is -2.16. The van der Waals surface area contributed by atoms with Crippen LogP contribution in [-0.4, -0.2) is 13.2 Å². The van der Waals surface area contributed by atoms with Crippen molar-refractivity contribution in [3.63, 3.8) is 0 Å². The van der Waals surface area contributed by atoms with Crippen LogP contribution in [0, 0.1) is 13.8 Å². The first-order valence-corrected chi connectivity index (χ1v) is 7.42. The van der Waals surface area contributed by atoms with Gasteiger partial charge in [0.2, 0.25) is 0 Å². The van der Waals surface area contributed by atoms with Crippen molar-refractivity contribution in [2.75, 3.05) is 18.5 Å². The zero-order valence-corrected chi connectivity index (χ0v) is 12.6.